The van der Waals surface area contributed by atoms with E-state index in [1.807, 2.05) is 0 Å². The molecule has 18 heavy (non-hydrogen) atoms. The van der Waals surface area contributed by atoms with Crippen molar-refractivity contribution in [2.75, 3.05) is 18.6 Å². The molecule has 1 fully saturated rings. The molecule has 2 amide bonds. The van der Waals surface area contributed by atoms with Gasteiger partial charge >= 0.3 is 6.09 Å². The molecular formula is C12H13FN2O3. The van der Waals surface area contributed by atoms with Crippen LogP contribution in [0.1, 0.15) is 6.42 Å². The summed E-state index contributed by atoms with van der Waals surface area (Å²) >= 11 is 0. The molecule has 1 heterocycles. The molecule has 1 atom stereocenters. The van der Waals surface area contributed by atoms with Gasteiger partial charge in [-0.05, 0) is 18.2 Å². The third-order valence-electron chi connectivity index (χ3n) is 2.75. The Kier molecular flexibility index (Phi) is 3.45. The van der Waals surface area contributed by atoms with Gasteiger partial charge in [0.1, 0.15) is 5.82 Å². The van der Waals surface area contributed by atoms with Crippen LogP contribution in [0, 0.1) is 5.82 Å². The van der Waals surface area contributed by atoms with E-state index >= 15 is 0 Å². The predicted molar refractivity (Wildman–Crippen MR) is 62.7 cm³/mol. The summed E-state index contributed by atoms with van der Waals surface area (Å²) in [6, 6.07) is 5.49. The largest absolute Gasteiger partial charge is 0.453 e. The highest BCUT2D eigenvalue weighted by molar-refractivity contribution is 5.96. The molecule has 2 rings (SSSR count). The average molecular weight is 252 g/mol. The van der Waals surface area contributed by atoms with Gasteiger partial charge in [0, 0.05) is 18.7 Å². The number of carbonyl (C=O) groups excluding carboxylic acids is 2. The molecular weight excluding hydrogens is 239 g/mol. The second-order valence-electron chi connectivity index (χ2n) is 4.02. The third-order valence-corrected chi connectivity index (χ3v) is 2.75. The fourth-order valence-electron chi connectivity index (χ4n) is 1.92. The maximum atomic E-state index is 13.1. The van der Waals surface area contributed by atoms with Gasteiger partial charge in [-0.15, -0.1) is 0 Å². The number of methoxy groups -OCH3 is 1. The van der Waals surface area contributed by atoms with E-state index in [4.69, 9.17) is 0 Å². The minimum Gasteiger partial charge on any atom is -0.453 e. The Morgan fingerprint density at radius 1 is 1.56 bits per heavy atom. The van der Waals surface area contributed by atoms with Crippen LogP contribution >= 0.6 is 0 Å². The summed E-state index contributed by atoms with van der Waals surface area (Å²) in [6.45, 7) is 0.317. The van der Waals surface area contributed by atoms with Crippen LogP contribution in [0.4, 0.5) is 14.9 Å². The lowest BCUT2D eigenvalue weighted by Crippen LogP contribution is -2.37. The maximum absolute atomic E-state index is 13.1. The van der Waals surface area contributed by atoms with Gasteiger partial charge in [0.25, 0.3) is 0 Å². The number of ether oxygens (including phenoxy) is 1. The molecule has 6 heteroatoms. The van der Waals surface area contributed by atoms with Crippen molar-refractivity contribution in [1.29, 1.82) is 0 Å². The highest BCUT2D eigenvalue weighted by Crippen LogP contribution is 2.22. The van der Waals surface area contributed by atoms with E-state index in [0.717, 1.165) is 0 Å². The molecule has 0 saturated carbocycles. The molecule has 0 bridgehead atoms. The first-order valence-electron chi connectivity index (χ1n) is 5.50. The summed E-state index contributed by atoms with van der Waals surface area (Å²) in [5.41, 5.74) is 0.495. The van der Waals surface area contributed by atoms with E-state index in [2.05, 4.69) is 10.1 Å². The number of amides is 2. The lowest BCUT2D eigenvalue weighted by Gasteiger charge is -2.16. The number of nitrogens with zero attached hydrogens (tertiary/aromatic N) is 1. The van der Waals surface area contributed by atoms with Crippen molar-refractivity contribution in [2.45, 2.75) is 12.5 Å². The minimum atomic E-state index is -0.575. The molecule has 0 unspecified atom stereocenters. The first-order chi connectivity index (χ1) is 8.60. The zero-order chi connectivity index (χ0) is 13.1. The van der Waals surface area contributed by atoms with E-state index in [1.54, 1.807) is 12.1 Å². The van der Waals surface area contributed by atoms with Crippen molar-refractivity contribution >= 4 is 17.7 Å². The van der Waals surface area contributed by atoms with Crippen LogP contribution in [0.2, 0.25) is 0 Å². The number of halogens is 1. The van der Waals surface area contributed by atoms with Crippen molar-refractivity contribution < 1.29 is 18.7 Å². The number of alkyl carbamates (subject to hydrolysis) is 1. The molecule has 1 N–H and O–H groups in total. The molecule has 0 radical (unpaired) electrons. The minimum absolute atomic E-state index is 0.151. The highest BCUT2D eigenvalue weighted by Gasteiger charge is 2.31. The van der Waals surface area contributed by atoms with Crippen molar-refractivity contribution in [2.24, 2.45) is 0 Å². The van der Waals surface area contributed by atoms with Gasteiger partial charge in [-0.3, -0.25) is 4.79 Å². The zero-order valence-corrected chi connectivity index (χ0v) is 9.85. The summed E-state index contributed by atoms with van der Waals surface area (Å²) in [7, 11) is 1.26. The van der Waals surface area contributed by atoms with Gasteiger partial charge in [0.15, 0.2) is 0 Å². The molecule has 1 saturated heterocycles. The van der Waals surface area contributed by atoms with Crippen LogP contribution in [-0.4, -0.2) is 31.7 Å². The molecule has 0 aromatic heterocycles. The van der Waals surface area contributed by atoms with Gasteiger partial charge in [0.05, 0.1) is 13.2 Å². The maximum Gasteiger partial charge on any atom is 0.407 e. The standard InChI is InChI=1S/C12H13FN2O3/c1-18-12(17)14-9-6-11(16)15(7-9)10-4-2-3-8(13)5-10/h2-5,9H,6-7H2,1H3,(H,14,17)/t9-/m1/s1. The van der Waals surface area contributed by atoms with Crippen LogP contribution < -0.4 is 10.2 Å². The monoisotopic (exact) mass is 252 g/mol. The van der Waals surface area contributed by atoms with Crippen LogP contribution in [0.15, 0.2) is 24.3 Å². The van der Waals surface area contributed by atoms with Crippen molar-refractivity contribution in [3.63, 3.8) is 0 Å². The Labute approximate surface area is 104 Å². The van der Waals surface area contributed by atoms with Crippen LogP contribution in [0.3, 0.4) is 0 Å². The van der Waals surface area contributed by atoms with Gasteiger partial charge in [-0.25, -0.2) is 9.18 Å². The number of nitrogens with one attached hydrogen (secondary N) is 1. The summed E-state index contributed by atoms with van der Waals surface area (Å²) in [6.07, 6.45) is -0.389. The number of benzene rings is 1. The Hall–Kier alpha value is -2.11. The van der Waals surface area contributed by atoms with E-state index < -0.39 is 11.9 Å². The lowest BCUT2D eigenvalue weighted by molar-refractivity contribution is -0.117. The molecule has 96 valence electrons. The number of hydrogen-bond acceptors (Lipinski definition) is 3. The fourth-order valence-corrected chi connectivity index (χ4v) is 1.92. The summed E-state index contributed by atoms with van der Waals surface area (Å²) < 4.78 is 17.5. The Morgan fingerprint density at radius 3 is 3.00 bits per heavy atom. The quantitative estimate of drug-likeness (QED) is 0.862. The number of anilines is 1. The number of carbonyl (C=O) groups is 2. The normalized spacial score (nSPS) is 18.9. The average Bonchev–Trinajstić information content (AvgIpc) is 2.70. The predicted octanol–water partition coefficient (Wildman–Crippen LogP) is 1.29. The van der Waals surface area contributed by atoms with Crippen LogP contribution in [0.5, 0.6) is 0 Å². The first-order valence-corrected chi connectivity index (χ1v) is 5.50. The lowest BCUT2D eigenvalue weighted by atomic mass is 10.3. The van der Waals surface area contributed by atoms with Crippen LogP contribution in [0.25, 0.3) is 0 Å². The molecule has 1 aliphatic rings. The van der Waals surface area contributed by atoms with E-state index in [1.165, 1.54) is 24.1 Å². The van der Waals surface area contributed by atoms with E-state index in [-0.39, 0.29) is 18.4 Å². The van der Waals surface area contributed by atoms with Gasteiger partial charge in [-0.2, -0.15) is 0 Å². The van der Waals surface area contributed by atoms with Gasteiger partial charge in [0.2, 0.25) is 5.91 Å². The molecule has 1 aromatic rings. The summed E-state index contributed by atoms with van der Waals surface area (Å²) in [5.74, 6) is -0.549. The summed E-state index contributed by atoms with van der Waals surface area (Å²) in [4.78, 5) is 24.3. The topological polar surface area (TPSA) is 58.6 Å². The molecule has 0 aliphatic carbocycles. The van der Waals surface area contributed by atoms with E-state index in [9.17, 15) is 14.0 Å². The zero-order valence-electron chi connectivity index (χ0n) is 9.85. The highest BCUT2D eigenvalue weighted by atomic mass is 19.1. The summed E-state index contributed by atoms with van der Waals surface area (Å²) in [5, 5.41) is 2.56. The molecule has 1 aromatic carbocycles. The first kappa shape index (κ1) is 12.3. The Morgan fingerprint density at radius 2 is 2.33 bits per heavy atom. The number of rotatable bonds is 2. The van der Waals surface area contributed by atoms with Crippen molar-refractivity contribution in [3.05, 3.63) is 30.1 Å². The van der Waals surface area contributed by atoms with Crippen molar-refractivity contribution in [1.82, 2.24) is 5.32 Å². The molecule has 0 spiro atoms. The fraction of sp³-hybridized carbons (Fsp3) is 0.333. The third kappa shape index (κ3) is 2.58. The van der Waals surface area contributed by atoms with Crippen molar-refractivity contribution in [3.8, 4) is 0 Å². The van der Waals surface area contributed by atoms with E-state index in [0.29, 0.717) is 12.2 Å². The second-order valence-corrected chi connectivity index (χ2v) is 4.02. The molecule has 1 aliphatic heterocycles. The molecule has 5 nitrogen and oxygen atoms in total. The Balaban J connectivity index is 2.08. The number of hydrogen-bond donors (Lipinski definition) is 1. The van der Waals surface area contributed by atoms with Gasteiger partial charge in [-0.1, -0.05) is 6.07 Å². The Bertz CT molecular complexity index is 478. The SMILES string of the molecule is COC(=O)N[C@@H]1CC(=O)N(c2cccc(F)c2)C1. The smallest absolute Gasteiger partial charge is 0.407 e. The second kappa shape index (κ2) is 5.03. The van der Waals surface area contributed by atoms with Crippen LogP contribution in [-0.2, 0) is 9.53 Å². The van der Waals surface area contributed by atoms with Gasteiger partial charge < -0.3 is 15.0 Å².